The van der Waals surface area contributed by atoms with E-state index in [4.69, 9.17) is 0 Å². The molecule has 0 saturated heterocycles. The minimum Gasteiger partial charge on any atom is -0.299 e. The number of rotatable bonds is 2. The molecule has 1 aliphatic carbocycles. The molecule has 0 bridgehead atoms. The summed E-state index contributed by atoms with van der Waals surface area (Å²) in [6.07, 6.45) is 9.60. The molecule has 1 rings (SSSR count). The molecule has 0 radical (unpaired) electrons. The van der Waals surface area contributed by atoms with Crippen molar-refractivity contribution in [3.05, 3.63) is 35.5 Å². The average molecular weight is 288 g/mol. The summed E-state index contributed by atoms with van der Waals surface area (Å²) in [6.45, 7) is 14.9. The molecule has 0 aromatic carbocycles. The van der Waals surface area contributed by atoms with Crippen LogP contribution in [-0.2, 0) is 4.79 Å². The molecular weight excluding hydrogens is 256 g/mol. The largest absolute Gasteiger partial charge is 0.299 e. The van der Waals surface area contributed by atoms with Crippen LogP contribution in [0.2, 0.25) is 0 Å². The van der Waals surface area contributed by atoms with Crippen LogP contribution in [0.25, 0.3) is 0 Å². The Kier molecular flexibility index (Phi) is 7.14. The maximum Gasteiger partial charge on any atom is 0.144 e. The summed E-state index contributed by atoms with van der Waals surface area (Å²) < 4.78 is 0. The van der Waals surface area contributed by atoms with Crippen molar-refractivity contribution < 1.29 is 4.79 Å². The van der Waals surface area contributed by atoms with Gasteiger partial charge in [-0.3, -0.25) is 4.79 Å². The van der Waals surface area contributed by atoms with Crippen molar-refractivity contribution in [3.8, 4) is 0 Å². The minimum absolute atomic E-state index is 0.0893. The summed E-state index contributed by atoms with van der Waals surface area (Å²) >= 11 is 0. The first kappa shape index (κ1) is 17.9. The van der Waals surface area contributed by atoms with E-state index >= 15 is 0 Å². The predicted octanol–water partition coefficient (Wildman–Crippen LogP) is 5.88. The van der Waals surface area contributed by atoms with Crippen molar-refractivity contribution in [2.75, 3.05) is 0 Å². The highest BCUT2D eigenvalue weighted by Gasteiger charge is 2.21. The molecule has 1 unspecified atom stereocenters. The van der Waals surface area contributed by atoms with Gasteiger partial charge in [-0.2, -0.15) is 0 Å². The zero-order chi connectivity index (χ0) is 16.0. The van der Waals surface area contributed by atoms with E-state index in [2.05, 4.69) is 46.4 Å². The molecule has 118 valence electrons. The van der Waals surface area contributed by atoms with E-state index in [9.17, 15) is 4.79 Å². The number of carbonyl (C=O) groups is 1. The Labute approximate surface area is 131 Å². The third-order valence-corrected chi connectivity index (χ3v) is 4.51. The molecule has 1 aliphatic rings. The van der Waals surface area contributed by atoms with E-state index in [1.807, 2.05) is 6.92 Å². The van der Waals surface area contributed by atoms with E-state index < -0.39 is 0 Å². The third kappa shape index (κ3) is 6.03. The average Bonchev–Trinajstić information content (AvgIpc) is 2.36. The number of carbonyl (C=O) groups excluding carboxylic acids is 1. The van der Waals surface area contributed by atoms with Crippen molar-refractivity contribution in [2.45, 2.75) is 66.7 Å². The Bertz CT molecular complexity index is 437. The molecule has 0 saturated carbocycles. The highest BCUT2D eigenvalue weighted by Crippen LogP contribution is 2.27. The molecule has 2 atom stereocenters. The van der Waals surface area contributed by atoms with Crippen LogP contribution in [0.3, 0.4) is 0 Å². The normalized spacial score (nSPS) is 30.7. The maximum atomic E-state index is 12.6. The van der Waals surface area contributed by atoms with Crippen LogP contribution in [0.1, 0.15) is 66.7 Å². The molecular formula is C20H32O. The van der Waals surface area contributed by atoms with Gasteiger partial charge in [-0.25, -0.2) is 0 Å². The topological polar surface area (TPSA) is 17.1 Å². The van der Waals surface area contributed by atoms with E-state index in [-0.39, 0.29) is 5.92 Å². The number of allylic oxidation sites excluding steroid dienone is 5. The third-order valence-electron chi connectivity index (χ3n) is 4.51. The van der Waals surface area contributed by atoms with Crippen molar-refractivity contribution in [1.29, 1.82) is 0 Å². The van der Waals surface area contributed by atoms with E-state index in [1.54, 1.807) is 0 Å². The lowest BCUT2D eigenvalue weighted by molar-refractivity contribution is -0.121. The van der Waals surface area contributed by atoms with Crippen molar-refractivity contribution >= 4 is 5.78 Å². The lowest BCUT2D eigenvalue weighted by Gasteiger charge is -2.20. The summed E-state index contributed by atoms with van der Waals surface area (Å²) in [5.41, 5.74) is 3.86. The van der Waals surface area contributed by atoms with E-state index in [0.29, 0.717) is 24.0 Å². The molecule has 1 nitrogen and oxygen atoms in total. The number of ketones is 1. The fraction of sp³-hybridized carbons (Fsp3) is 0.650. The standard InChI is InChI=1S/C20H32O/c1-14(2)18-11-10-16(5)8-7-9-17(6)12-20(21)19(13-18)15(3)4/h8,13-14,17,19H,3,7,9-12H2,1-2,4-6H3/b16-8+,18-13-/t17-,19?/m0/s1. The smallest absolute Gasteiger partial charge is 0.144 e. The summed E-state index contributed by atoms with van der Waals surface area (Å²) in [6, 6.07) is 0. The Morgan fingerprint density at radius 3 is 2.57 bits per heavy atom. The van der Waals surface area contributed by atoms with Gasteiger partial charge >= 0.3 is 0 Å². The van der Waals surface area contributed by atoms with Crippen LogP contribution in [0.4, 0.5) is 0 Å². The highest BCUT2D eigenvalue weighted by atomic mass is 16.1. The number of Topliss-reactive ketones (excluding diaryl/α,β-unsaturated/α-hetero) is 1. The Morgan fingerprint density at radius 2 is 2.00 bits per heavy atom. The van der Waals surface area contributed by atoms with Crippen LogP contribution < -0.4 is 0 Å². The second kappa shape index (κ2) is 8.36. The lowest BCUT2D eigenvalue weighted by Crippen LogP contribution is -2.18. The molecule has 0 N–H and O–H groups in total. The first-order valence-electron chi connectivity index (χ1n) is 8.35. The second-order valence-electron chi connectivity index (χ2n) is 7.12. The van der Waals surface area contributed by atoms with Crippen LogP contribution in [0, 0.1) is 17.8 Å². The van der Waals surface area contributed by atoms with Gasteiger partial charge in [0.05, 0.1) is 5.92 Å². The molecule has 0 aliphatic heterocycles. The molecule has 0 heterocycles. The monoisotopic (exact) mass is 288 g/mol. The molecule has 0 fully saturated rings. The SMILES string of the molecule is C=C(C)C1/C=C(\C(C)C)CC/C(C)=C/CC[C@H](C)CC1=O. The fourth-order valence-electron chi connectivity index (χ4n) is 2.92. The number of hydrogen-bond donors (Lipinski definition) is 0. The minimum atomic E-state index is -0.0893. The van der Waals surface area contributed by atoms with Gasteiger partial charge in [-0.05, 0) is 51.4 Å². The van der Waals surface area contributed by atoms with Crippen molar-refractivity contribution in [1.82, 2.24) is 0 Å². The number of hydrogen-bond acceptors (Lipinski definition) is 1. The molecule has 0 aromatic heterocycles. The van der Waals surface area contributed by atoms with Crippen molar-refractivity contribution in [3.63, 3.8) is 0 Å². The van der Waals surface area contributed by atoms with Gasteiger partial charge in [0.15, 0.2) is 0 Å². The van der Waals surface area contributed by atoms with E-state index in [1.165, 1.54) is 11.1 Å². The lowest BCUT2D eigenvalue weighted by atomic mass is 9.84. The molecule has 0 aromatic rings. The van der Waals surface area contributed by atoms with Gasteiger partial charge in [0, 0.05) is 6.42 Å². The first-order valence-corrected chi connectivity index (χ1v) is 8.35. The Hall–Kier alpha value is -1.11. The summed E-state index contributed by atoms with van der Waals surface area (Å²) in [7, 11) is 0. The quantitative estimate of drug-likeness (QED) is 0.580. The van der Waals surface area contributed by atoms with Gasteiger partial charge in [-0.15, -0.1) is 0 Å². The van der Waals surface area contributed by atoms with Gasteiger partial charge in [0.1, 0.15) is 5.78 Å². The molecule has 0 spiro atoms. The van der Waals surface area contributed by atoms with Gasteiger partial charge in [-0.1, -0.05) is 56.2 Å². The highest BCUT2D eigenvalue weighted by molar-refractivity contribution is 5.85. The van der Waals surface area contributed by atoms with Gasteiger partial charge < -0.3 is 0 Å². The van der Waals surface area contributed by atoms with Gasteiger partial charge in [0.2, 0.25) is 0 Å². The van der Waals surface area contributed by atoms with Crippen LogP contribution in [-0.4, -0.2) is 5.78 Å². The van der Waals surface area contributed by atoms with E-state index in [0.717, 1.165) is 31.3 Å². The van der Waals surface area contributed by atoms with Gasteiger partial charge in [0.25, 0.3) is 0 Å². The maximum absolute atomic E-state index is 12.6. The van der Waals surface area contributed by atoms with Crippen LogP contribution in [0.5, 0.6) is 0 Å². The summed E-state index contributed by atoms with van der Waals surface area (Å²) in [5, 5.41) is 0. The molecule has 0 amide bonds. The van der Waals surface area contributed by atoms with Crippen LogP contribution in [0.15, 0.2) is 35.5 Å². The zero-order valence-electron chi connectivity index (χ0n) is 14.5. The fourth-order valence-corrected chi connectivity index (χ4v) is 2.92. The Morgan fingerprint density at radius 1 is 1.33 bits per heavy atom. The second-order valence-corrected chi connectivity index (χ2v) is 7.12. The predicted molar refractivity (Wildman–Crippen MR) is 92.2 cm³/mol. The molecule has 21 heavy (non-hydrogen) atoms. The first-order chi connectivity index (χ1) is 9.81. The summed E-state index contributed by atoms with van der Waals surface area (Å²) in [5.74, 6) is 1.20. The van der Waals surface area contributed by atoms with Crippen LogP contribution >= 0.6 is 0 Å². The van der Waals surface area contributed by atoms with Crippen molar-refractivity contribution in [2.24, 2.45) is 17.8 Å². The molecule has 1 heteroatoms. The summed E-state index contributed by atoms with van der Waals surface area (Å²) in [4.78, 5) is 12.6. The zero-order valence-corrected chi connectivity index (χ0v) is 14.5. The Balaban J connectivity index is 3.08.